The molecule has 0 spiro atoms. The number of thioether (sulfide) groups is 1. The molecular formula is C11H18N2O4S. The van der Waals surface area contributed by atoms with E-state index in [-0.39, 0.29) is 18.2 Å². The Hall–Kier alpha value is -1.24. The van der Waals surface area contributed by atoms with E-state index in [0.717, 1.165) is 0 Å². The molecule has 7 heteroatoms. The van der Waals surface area contributed by atoms with E-state index in [4.69, 9.17) is 5.11 Å². The third kappa shape index (κ3) is 4.21. The van der Waals surface area contributed by atoms with E-state index in [0.29, 0.717) is 18.7 Å². The minimum absolute atomic E-state index is 0.0269. The Labute approximate surface area is 110 Å². The second-order valence-corrected chi connectivity index (χ2v) is 6.28. The number of carboxylic acid groups (broad SMARTS) is 1. The fourth-order valence-electron chi connectivity index (χ4n) is 1.45. The van der Waals surface area contributed by atoms with Crippen molar-refractivity contribution in [2.24, 2.45) is 0 Å². The molecule has 0 aromatic carbocycles. The first-order valence-corrected chi connectivity index (χ1v) is 6.76. The van der Waals surface area contributed by atoms with Gasteiger partial charge in [0.05, 0.1) is 4.75 Å². The van der Waals surface area contributed by atoms with Crippen LogP contribution in [0.1, 0.15) is 26.7 Å². The van der Waals surface area contributed by atoms with E-state index in [1.807, 2.05) is 13.8 Å². The van der Waals surface area contributed by atoms with Gasteiger partial charge in [-0.25, -0.2) is 0 Å². The zero-order valence-electron chi connectivity index (χ0n) is 10.5. The van der Waals surface area contributed by atoms with Crippen molar-refractivity contribution >= 4 is 29.5 Å². The first-order chi connectivity index (χ1) is 8.33. The van der Waals surface area contributed by atoms with Gasteiger partial charge in [-0.1, -0.05) is 0 Å². The van der Waals surface area contributed by atoms with Crippen LogP contribution in [-0.2, 0) is 14.4 Å². The fraction of sp³-hybridized carbons (Fsp3) is 0.727. The Morgan fingerprint density at radius 2 is 2.22 bits per heavy atom. The molecule has 1 rings (SSSR count). The van der Waals surface area contributed by atoms with Gasteiger partial charge in [0, 0.05) is 18.7 Å². The van der Waals surface area contributed by atoms with Crippen molar-refractivity contribution in [3.05, 3.63) is 0 Å². The van der Waals surface area contributed by atoms with Crippen LogP contribution >= 0.6 is 11.8 Å². The Morgan fingerprint density at radius 3 is 2.78 bits per heavy atom. The molecule has 2 amide bonds. The minimum Gasteiger partial charge on any atom is -0.481 e. The van der Waals surface area contributed by atoms with Crippen molar-refractivity contribution in [3.8, 4) is 0 Å². The molecule has 1 atom stereocenters. The van der Waals surface area contributed by atoms with E-state index in [9.17, 15) is 14.4 Å². The van der Waals surface area contributed by atoms with Gasteiger partial charge in [0.2, 0.25) is 11.8 Å². The molecule has 0 aromatic rings. The number of hydrogen-bond donors (Lipinski definition) is 3. The number of carboxylic acids is 1. The maximum absolute atomic E-state index is 11.7. The maximum Gasteiger partial charge on any atom is 0.303 e. The summed E-state index contributed by atoms with van der Waals surface area (Å²) in [7, 11) is 0. The first kappa shape index (κ1) is 14.8. The van der Waals surface area contributed by atoms with Gasteiger partial charge in [-0.2, -0.15) is 0 Å². The highest BCUT2D eigenvalue weighted by atomic mass is 32.2. The predicted molar refractivity (Wildman–Crippen MR) is 68.3 cm³/mol. The first-order valence-electron chi connectivity index (χ1n) is 5.77. The summed E-state index contributed by atoms with van der Waals surface area (Å²) < 4.78 is -0.500. The van der Waals surface area contributed by atoms with Crippen LogP contribution in [0.25, 0.3) is 0 Å². The molecule has 18 heavy (non-hydrogen) atoms. The number of carbonyl (C=O) groups is 3. The van der Waals surface area contributed by atoms with Crippen molar-refractivity contribution in [3.63, 3.8) is 0 Å². The maximum atomic E-state index is 11.7. The lowest BCUT2D eigenvalue weighted by molar-refractivity contribution is -0.137. The minimum atomic E-state index is -0.882. The van der Waals surface area contributed by atoms with E-state index in [1.165, 1.54) is 11.8 Å². The van der Waals surface area contributed by atoms with Crippen molar-refractivity contribution in [1.29, 1.82) is 0 Å². The number of aliphatic carboxylic acids is 1. The van der Waals surface area contributed by atoms with Gasteiger partial charge in [-0.05, 0) is 20.3 Å². The number of nitrogens with one attached hydrogen (secondary N) is 2. The largest absolute Gasteiger partial charge is 0.481 e. The molecule has 102 valence electrons. The quantitative estimate of drug-likeness (QED) is 0.612. The number of carbonyl (C=O) groups excluding carboxylic acids is 2. The number of rotatable bonds is 5. The standard InChI is InChI=1S/C11H18N2O4S/c1-11(2)10(17)13-7(6-18-11)9(16)12-5-3-4-8(14)15/h7H,3-6H2,1-2H3,(H,12,16)(H,13,17)(H,14,15)/t7-/m0/s1. The van der Waals surface area contributed by atoms with Gasteiger partial charge in [0.1, 0.15) is 6.04 Å². The monoisotopic (exact) mass is 274 g/mol. The van der Waals surface area contributed by atoms with Crippen LogP contribution in [0.5, 0.6) is 0 Å². The van der Waals surface area contributed by atoms with E-state index >= 15 is 0 Å². The number of amides is 2. The summed E-state index contributed by atoms with van der Waals surface area (Å²) in [6.45, 7) is 3.94. The van der Waals surface area contributed by atoms with Crippen LogP contribution in [0.4, 0.5) is 0 Å². The van der Waals surface area contributed by atoms with Crippen molar-refractivity contribution in [2.45, 2.75) is 37.5 Å². The fourth-order valence-corrected chi connectivity index (χ4v) is 2.45. The van der Waals surface area contributed by atoms with Crippen molar-refractivity contribution < 1.29 is 19.5 Å². The SMILES string of the molecule is CC1(C)SC[C@@H](C(=O)NCCCC(=O)O)NC1=O. The smallest absolute Gasteiger partial charge is 0.303 e. The van der Waals surface area contributed by atoms with E-state index in [1.54, 1.807) is 0 Å². The normalized spacial score (nSPS) is 22.1. The summed E-state index contributed by atoms with van der Waals surface area (Å²) in [5.41, 5.74) is 0. The lowest BCUT2D eigenvalue weighted by Gasteiger charge is -2.32. The van der Waals surface area contributed by atoms with Crippen LogP contribution in [0.2, 0.25) is 0 Å². The molecule has 0 aliphatic carbocycles. The molecule has 0 bridgehead atoms. The third-order valence-electron chi connectivity index (χ3n) is 2.65. The predicted octanol–water partition coefficient (Wildman–Crippen LogP) is -0.0224. The lowest BCUT2D eigenvalue weighted by Crippen LogP contribution is -2.57. The van der Waals surface area contributed by atoms with Crippen LogP contribution in [0, 0.1) is 0 Å². The van der Waals surface area contributed by atoms with Crippen LogP contribution in [0.3, 0.4) is 0 Å². The average Bonchev–Trinajstić information content (AvgIpc) is 2.27. The van der Waals surface area contributed by atoms with E-state index in [2.05, 4.69) is 10.6 Å². The Bertz CT molecular complexity index is 357. The molecule has 1 fully saturated rings. The summed E-state index contributed by atoms with van der Waals surface area (Å²) in [6, 6.07) is -0.527. The highest BCUT2D eigenvalue weighted by molar-refractivity contribution is 8.01. The van der Waals surface area contributed by atoms with Gasteiger partial charge in [-0.3, -0.25) is 14.4 Å². The number of hydrogen-bond acceptors (Lipinski definition) is 4. The second kappa shape index (κ2) is 6.08. The zero-order valence-corrected chi connectivity index (χ0v) is 11.3. The molecule has 1 aliphatic heterocycles. The molecule has 1 aliphatic rings. The summed E-state index contributed by atoms with van der Waals surface area (Å²) in [5, 5.41) is 13.7. The zero-order chi connectivity index (χ0) is 13.8. The summed E-state index contributed by atoms with van der Waals surface area (Å²) >= 11 is 1.44. The Balaban J connectivity index is 2.31. The summed E-state index contributed by atoms with van der Waals surface area (Å²) in [6.07, 6.45) is 0.416. The van der Waals surface area contributed by atoms with Gasteiger partial charge >= 0.3 is 5.97 Å². The highest BCUT2D eigenvalue weighted by Gasteiger charge is 2.37. The van der Waals surface area contributed by atoms with Crippen molar-refractivity contribution in [1.82, 2.24) is 10.6 Å². The lowest BCUT2D eigenvalue weighted by atomic mass is 10.1. The van der Waals surface area contributed by atoms with Gasteiger partial charge < -0.3 is 15.7 Å². The third-order valence-corrected chi connectivity index (χ3v) is 4.05. The molecule has 0 unspecified atom stereocenters. The van der Waals surface area contributed by atoms with Gasteiger partial charge in [0.15, 0.2) is 0 Å². The van der Waals surface area contributed by atoms with E-state index < -0.39 is 16.8 Å². The topological polar surface area (TPSA) is 95.5 Å². The second-order valence-electron chi connectivity index (χ2n) is 4.64. The van der Waals surface area contributed by atoms with Gasteiger partial charge in [-0.15, -0.1) is 11.8 Å². The van der Waals surface area contributed by atoms with Crippen LogP contribution in [-0.4, -0.2) is 46.0 Å². The molecular weight excluding hydrogens is 256 g/mol. The average molecular weight is 274 g/mol. The highest BCUT2D eigenvalue weighted by Crippen LogP contribution is 2.28. The van der Waals surface area contributed by atoms with Gasteiger partial charge in [0.25, 0.3) is 0 Å². The molecule has 0 saturated carbocycles. The molecule has 3 N–H and O–H groups in total. The van der Waals surface area contributed by atoms with Crippen LogP contribution < -0.4 is 10.6 Å². The van der Waals surface area contributed by atoms with Crippen LogP contribution in [0.15, 0.2) is 0 Å². The molecule has 6 nitrogen and oxygen atoms in total. The molecule has 1 saturated heterocycles. The molecule has 0 radical (unpaired) electrons. The summed E-state index contributed by atoms with van der Waals surface area (Å²) in [5.74, 6) is -0.752. The summed E-state index contributed by atoms with van der Waals surface area (Å²) in [4.78, 5) is 33.7. The Kier molecular flexibility index (Phi) is 5.01. The molecule has 0 aromatic heterocycles. The molecule has 1 heterocycles. The van der Waals surface area contributed by atoms with Crippen molar-refractivity contribution in [2.75, 3.05) is 12.3 Å². The Morgan fingerprint density at radius 1 is 1.56 bits per heavy atom.